The fourth-order valence-corrected chi connectivity index (χ4v) is 6.56. The molecule has 1 aromatic rings. The predicted octanol–water partition coefficient (Wildman–Crippen LogP) is 7.25. The minimum absolute atomic E-state index is 0.0434. The van der Waals surface area contributed by atoms with Crippen LogP contribution in [-0.4, -0.2) is 53.1 Å². The summed E-state index contributed by atoms with van der Waals surface area (Å²) in [7, 11) is -2.01. The summed E-state index contributed by atoms with van der Waals surface area (Å²) in [5.41, 5.74) is 4.64. The second-order valence-electron chi connectivity index (χ2n) is 10.4. The van der Waals surface area contributed by atoms with Crippen LogP contribution in [0.25, 0.3) is 0 Å². The number of nitrogen functional groups attached to an aromatic ring is 1. The highest BCUT2D eigenvalue weighted by molar-refractivity contribution is 8.00. The highest BCUT2D eigenvalue weighted by Gasteiger charge is 2.31. The molecular weight excluding hydrogens is 623 g/mol. The summed E-state index contributed by atoms with van der Waals surface area (Å²) in [6, 6.07) is 1.53. The fourth-order valence-electron chi connectivity index (χ4n) is 4.15. The van der Waals surface area contributed by atoms with Crippen molar-refractivity contribution in [2.45, 2.75) is 76.4 Å². The van der Waals surface area contributed by atoms with Crippen LogP contribution in [0.4, 0.5) is 5.82 Å². The van der Waals surface area contributed by atoms with Crippen LogP contribution in [0.1, 0.15) is 70.9 Å². The molecule has 1 aliphatic rings. The zero-order chi connectivity index (χ0) is 33.3. The van der Waals surface area contributed by atoms with Gasteiger partial charge in [-0.3, -0.25) is 13.9 Å². The maximum Gasteiger partial charge on any atom is 0.351 e. The summed E-state index contributed by atoms with van der Waals surface area (Å²) in [4.78, 5) is 27.9. The Balaban J connectivity index is 1.49. The molecule has 2 unspecified atom stereocenters. The highest BCUT2D eigenvalue weighted by Crippen LogP contribution is 2.48. The van der Waals surface area contributed by atoms with Gasteiger partial charge < -0.3 is 24.8 Å². The molecular formula is C34H51N4O6PS. The lowest BCUT2D eigenvalue weighted by Gasteiger charge is -2.19. The van der Waals surface area contributed by atoms with Gasteiger partial charge in [-0.1, -0.05) is 79.8 Å². The van der Waals surface area contributed by atoms with Crippen LogP contribution < -0.4 is 16.7 Å². The van der Waals surface area contributed by atoms with E-state index in [-0.39, 0.29) is 24.5 Å². The van der Waals surface area contributed by atoms with Crippen LogP contribution in [0, 0.1) is 0 Å². The second-order valence-corrected chi connectivity index (χ2v) is 13.9. The number of thioether (sulfide) groups is 1. The molecule has 12 heteroatoms. The van der Waals surface area contributed by atoms with E-state index >= 15 is 0 Å². The summed E-state index contributed by atoms with van der Waals surface area (Å²) in [5.74, 6) is 0.609. The van der Waals surface area contributed by atoms with E-state index in [2.05, 4.69) is 84.1 Å². The molecule has 1 amide bonds. The number of hydrogen-bond acceptors (Lipinski definition) is 9. The smallest absolute Gasteiger partial charge is 0.351 e. The van der Waals surface area contributed by atoms with Crippen molar-refractivity contribution in [2.24, 2.45) is 0 Å². The van der Waals surface area contributed by atoms with Crippen molar-refractivity contribution in [1.82, 2.24) is 14.9 Å². The normalized spacial score (nSPS) is 18.7. The molecule has 0 saturated carbocycles. The molecule has 2 rings (SSSR count). The van der Waals surface area contributed by atoms with E-state index in [1.807, 2.05) is 6.08 Å². The molecule has 10 nitrogen and oxygen atoms in total. The van der Waals surface area contributed by atoms with Crippen LogP contribution in [-0.2, 0) is 23.1 Å². The zero-order valence-electron chi connectivity index (χ0n) is 27.2. The van der Waals surface area contributed by atoms with Gasteiger partial charge in [0.05, 0.1) is 12.8 Å². The molecule has 1 aromatic heterocycles. The number of nitrogens with one attached hydrogen (secondary N) is 1. The Morgan fingerprint density at radius 1 is 1.04 bits per heavy atom. The lowest BCUT2D eigenvalue weighted by Crippen LogP contribution is -2.28. The number of aromatic nitrogens is 2. The van der Waals surface area contributed by atoms with Crippen LogP contribution in [0.3, 0.4) is 0 Å². The number of anilines is 1. The van der Waals surface area contributed by atoms with Gasteiger partial charge in [-0.05, 0) is 57.4 Å². The zero-order valence-corrected chi connectivity index (χ0v) is 28.9. The van der Waals surface area contributed by atoms with Crippen LogP contribution >= 0.6 is 19.4 Å². The number of carbonyl (C=O) groups excluding carboxylic acids is 1. The second kappa shape index (κ2) is 24.3. The van der Waals surface area contributed by atoms with Crippen molar-refractivity contribution >= 4 is 31.1 Å². The molecule has 1 saturated heterocycles. The number of nitrogens with zero attached hydrogens (tertiary/aromatic N) is 2. The van der Waals surface area contributed by atoms with Crippen molar-refractivity contribution < 1.29 is 23.1 Å². The number of amides is 1. The minimum atomic E-state index is -3.35. The first-order chi connectivity index (χ1) is 22.4. The SMILES string of the molecule is CC/C=C\C/C=C\C/C=C\C/C=C\C/C=C\C/C=C\CCC(=O)NCCCP(=O)(OC)OC[C@@H]1OC(n2ccc(N)nc2=O)CS1. The third-order valence-corrected chi connectivity index (χ3v) is 9.71. The Morgan fingerprint density at radius 3 is 2.20 bits per heavy atom. The van der Waals surface area contributed by atoms with Crippen molar-refractivity contribution in [2.75, 3.05) is 37.9 Å². The van der Waals surface area contributed by atoms with Gasteiger partial charge in [0.25, 0.3) is 0 Å². The van der Waals surface area contributed by atoms with Crippen molar-refractivity contribution in [3.05, 3.63) is 95.7 Å². The Bertz CT molecular complexity index is 1310. The third kappa shape index (κ3) is 17.7. The number of allylic oxidation sites excluding steroid dienone is 12. The highest BCUT2D eigenvalue weighted by atomic mass is 32.2. The molecule has 0 aliphatic carbocycles. The average molecular weight is 675 g/mol. The lowest BCUT2D eigenvalue weighted by atomic mass is 10.2. The molecule has 254 valence electrons. The molecule has 0 aromatic carbocycles. The number of carbonyl (C=O) groups is 1. The molecule has 3 atom stereocenters. The number of hydrogen-bond donors (Lipinski definition) is 2. The molecule has 0 spiro atoms. The number of rotatable bonds is 23. The fraction of sp³-hybridized carbons (Fsp3) is 0.500. The van der Waals surface area contributed by atoms with Gasteiger partial charge in [0.15, 0.2) is 0 Å². The van der Waals surface area contributed by atoms with Crippen LogP contribution in [0.2, 0.25) is 0 Å². The number of nitrogens with two attached hydrogens (primary N) is 1. The molecule has 3 N–H and O–H groups in total. The predicted molar refractivity (Wildman–Crippen MR) is 190 cm³/mol. The van der Waals surface area contributed by atoms with E-state index in [4.69, 9.17) is 19.5 Å². The molecule has 46 heavy (non-hydrogen) atoms. The summed E-state index contributed by atoms with van der Waals surface area (Å²) in [5, 5.41) is 2.86. The molecule has 1 aliphatic heterocycles. The molecule has 1 fully saturated rings. The summed E-state index contributed by atoms with van der Waals surface area (Å²) in [6.45, 7) is 2.56. The largest absolute Gasteiger partial charge is 0.383 e. The van der Waals surface area contributed by atoms with Crippen molar-refractivity contribution in [1.29, 1.82) is 0 Å². The van der Waals surface area contributed by atoms with E-state index in [0.717, 1.165) is 38.5 Å². The first kappa shape index (κ1) is 39.2. The van der Waals surface area contributed by atoms with Gasteiger partial charge in [-0.15, -0.1) is 11.8 Å². The first-order valence-electron chi connectivity index (χ1n) is 15.9. The quantitative estimate of drug-likeness (QED) is 0.0699. The third-order valence-electron chi connectivity index (χ3n) is 6.65. The van der Waals surface area contributed by atoms with Gasteiger partial charge in [-0.25, -0.2) is 4.79 Å². The topological polar surface area (TPSA) is 135 Å². The maximum absolute atomic E-state index is 13.0. The van der Waals surface area contributed by atoms with E-state index in [9.17, 15) is 14.2 Å². The van der Waals surface area contributed by atoms with E-state index in [1.54, 1.807) is 0 Å². The number of ether oxygens (including phenoxy) is 1. The standard InChI is InChI=1S/C34H51N4O6PS/c1-3-4-5-6-7-8-9-10-11-12-13-14-15-16-17-18-19-20-21-23-31(39)36-25-22-27-45(41,42-2)43-28-33-44-32(29-46-33)38-26-24-30(35)37-34(38)40/h4-5,7-8,10-11,13-14,16-17,19-20,24,26,32-33H,3,6,9,12,15,18,21-23,25,27-29H2,1-2H3,(H,36,39)(H2,35,37,40)/b5-4-,8-7-,11-10-,14-13-,17-16-,20-19-/t32?,33-,45?/m1/s1. The Labute approximate surface area is 278 Å². The molecule has 0 bridgehead atoms. The molecule has 2 heterocycles. The average Bonchev–Trinajstić information content (AvgIpc) is 3.52. The van der Waals surface area contributed by atoms with E-state index < -0.39 is 24.9 Å². The van der Waals surface area contributed by atoms with Crippen molar-refractivity contribution in [3.8, 4) is 0 Å². The Morgan fingerprint density at radius 2 is 1.63 bits per heavy atom. The van der Waals surface area contributed by atoms with Gasteiger partial charge in [-0.2, -0.15) is 4.98 Å². The van der Waals surface area contributed by atoms with Gasteiger partial charge >= 0.3 is 13.3 Å². The summed E-state index contributed by atoms with van der Waals surface area (Å²) < 4.78 is 31.0. The lowest BCUT2D eigenvalue weighted by molar-refractivity contribution is -0.121. The van der Waals surface area contributed by atoms with E-state index in [0.29, 0.717) is 31.6 Å². The van der Waals surface area contributed by atoms with Crippen LogP contribution in [0.15, 0.2) is 90.0 Å². The monoisotopic (exact) mass is 674 g/mol. The van der Waals surface area contributed by atoms with Gasteiger partial charge in [0.2, 0.25) is 5.91 Å². The first-order valence-corrected chi connectivity index (χ1v) is 18.7. The Hall–Kier alpha value is -2.95. The summed E-state index contributed by atoms with van der Waals surface area (Å²) in [6.07, 6.45) is 34.3. The van der Waals surface area contributed by atoms with E-state index in [1.165, 1.54) is 35.7 Å². The summed E-state index contributed by atoms with van der Waals surface area (Å²) >= 11 is 1.45. The van der Waals surface area contributed by atoms with Crippen LogP contribution in [0.5, 0.6) is 0 Å². The minimum Gasteiger partial charge on any atom is -0.383 e. The van der Waals surface area contributed by atoms with Gasteiger partial charge in [0, 0.05) is 32.0 Å². The van der Waals surface area contributed by atoms with Gasteiger partial charge in [0.1, 0.15) is 17.5 Å². The Kier molecular flexibility index (Phi) is 20.7. The van der Waals surface area contributed by atoms with Crippen molar-refractivity contribution in [3.63, 3.8) is 0 Å². The molecule has 0 radical (unpaired) electrons. The maximum atomic E-state index is 13.0.